The van der Waals surface area contributed by atoms with E-state index >= 15 is 0 Å². The number of benzene rings is 3. The Labute approximate surface area is 176 Å². The lowest BCUT2D eigenvalue weighted by molar-refractivity contribution is -0.120. The van der Waals surface area contributed by atoms with Gasteiger partial charge in [-0.25, -0.2) is 0 Å². The molecule has 3 aromatic carbocycles. The molecule has 0 saturated heterocycles. The minimum atomic E-state index is -0.155. The Bertz CT molecular complexity index is 1190. The van der Waals surface area contributed by atoms with E-state index in [1.165, 1.54) is 0 Å². The Morgan fingerprint density at radius 3 is 2.43 bits per heavy atom. The van der Waals surface area contributed by atoms with Crippen molar-refractivity contribution in [2.24, 2.45) is 5.92 Å². The van der Waals surface area contributed by atoms with Gasteiger partial charge in [0.2, 0.25) is 5.91 Å². The van der Waals surface area contributed by atoms with Gasteiger partial charge < -0.3 is 0 Å². The molecule has 0 aromatic heterocycles. The molecule has 0 radical (unpaired) electrons. The zero-order valence-corrected chi connectivity index (χ0v) is 16.8. The molecule has 0 N–H and O–H groups in total. The summed E-state index contributed by atoms with van der Waals surface area (Å²) >= 11 is 0. The minimum Gasteiger partial charge on any atom is -0.294 e. The predicted octanol–water partition coefficient (Wildman–Crippen LogP) is 5.91. The van der Waals surface area contributed by atoms with E-state index in [-0.39, 0.29) is 17.6 Å². The van der Waals surface area contributed by atoms with E-state index in [9.17, 15) is 9.59 Å². The Balaban J connectivity index is 1.57. The number of carbonyl (C=O) groups excluding carboxylic acids is 2. The van der Waals surface area contributed by atoms with Gasteiger partial charge in [0.1, 0.15) is 0 Å². The second kappa shape index (κ2) is 7.75. The van der Waals surface area contributed by atoms with Gasteiger partial charge in [-0.2, -0.15) is 0 Å². The Hall–Kier alpha value is -3.46. The largest absolute Gasteiger partial charge is 0.294 e. The van der Waals surface area contributed by atoms with Crippen molar-refractivity contribution >= 4 is 34.2 Å². The molecule has 30 heavy (non-hydrogen) atoms. The molecule has 3 heteroatoms. The van der Waals surface area contributed by atoms with Gasteiger partial charge in [-0.3, -0.25) is 14.5 Å². The summed E-state index contributed by atoms with van der Waals surface area (Å²) in [6.45, 7) is 0. The van der Waals surface area contributed by atoms with E-state index in [0.717, 1.165) is 46.1 Å². The summed E-state index contributed by atoms with van der Waals surface area (Å²) in [5, 5.41) is 2.24. The maximum atomic E-state index is 13.3. The Morgan fingerprint density at radius 2 is 1.60 bits per heavy atom. The molecule has 5 rings (SSSR count). The van der Waals surface area contributed by atoms with Crippen molar-refractivity contribution in [2.75, 3.05) is 4.90 Å². The number of Topliss-reactive ketones (excluding diaryl/α,β-unsaturated/α-hetero) is 1. The highest BCUT2D eigenvalue weighted by Gasteiger charge is 2.38. The van der Waals surface area contributed by atoms with Crippen LogP contribution in [0.2, 0.25) is 0 Å². The van der Waals surface area contributed by atoms with E-state index in [1.807, 2.05) is 66.7 Å². The predicted molar refractivity (Wildman–Crippen MR) is 121 cm³/mol. The van der Waals surface area contributed by atoms with E-state index in [1.54, 1.807) is 4.90 Å². The van der Waals surface area contributed by atoms with Crippen LogP contribution in [0.25, 0.3) is 16.8 Å². The van der Waals surface area contributed by atoms with Gasteiger partial charge in [0, 0.05) is 35.7 Å². The first-order valence-corrected chi connectivity index (χ1v) is 10.5. The Kier molecular flexibility index (Phi) is 4.80. The zero-order chi connectivity index (χ0) is 20.5. The normalized spacial score (nSPS) is 19.6. The zero-order valence-electron chi connectivity index (χ0n) is 16.8. The molecule has 1 atom stereocenters. The van der Waals surface area contributed by atoms with Crippen LogP contribution in [-0.2, 0) is 9.59 Å². The molecule has 0 saturated carbocycles. The average Bonchev–Trinajstić information content (AvgIpc) is 2.78. The molecule has 3 nitrogen and oxygen atoms in total. The highest BCUT2D eigenvalue weighted by atomic mass is 16.2. The minimum absolute atomic E-state index is 0.0569. The monoisotopic (exact) mass is 393 g/mol. The second-order valence-electron chi connectivity index (χ2n) is 7.98. The molecular weight excluding hydrogens is 370 g/mol. The highest BCUT2D eigenvalue weighted by Crippen LogP contribution is 2.40. The number of ketones is 1. The van der Waals surface area contributed by atoms with Gasteiger partial charge in [-0.15, -0.1) is 0 Å². The van der Waals surface area contributed by atoms with E-state index < -0.39 is 0 Å². The third-order valence-electron chi connectivity index (χ3n) is 6.03. The molecule has 3 aromatic rings. The fourth-order valence-electron chi connectivity index (χ4n) is 4.60. The van der Waals surface area contributed by atoms with Crippen molar-refractivity contribution in [1.82, 2.24) is 0 Å². The van der Waals surface area contributed by atoms with E-state index in [4.69, 9.17) is 0 Å². The van der Waals surface area contributed by atoms with Crippen molar-refractivity contribution in [1.29, 1.82) is 0 Å². The third-order valence-corrected chi connectivity index (χ3v) is 6.03. The molecule has 1 aliphatic heterocycles. The van der Waals surface area contributed by atoms with Crippen LogP contribution in [0.1, 0.15) is 31.2 Å². The van der Waals surface area contributed by atoms with Crippen molar-refractivity contribution < 1.29 is 9.59 Å². The van der Waals surface area contributed by atoms with Crippen LogP contribution < -0.4 is 4.90 Å². The van der Waals surface area contributed by atoms with Crippen molar-refractivity contribution in [3.8, 4) is 0 Å². The highest BCUT2D eigenvalue weighted by molar-refractivity contribution is 6.07. The molecule has 1 amide bonds. The van der Waals surface area contributed by atoms with Gasteiger partial charge in [-0.1, -0.05) is 72.8 Å². The lowest BCUT2D eigenvalue weighted by Gasteiger charge is -2.37. The molecule has 2 aliphatic rings. The quantitative estimate of drug-likeness (QED) is 0.554. The van der Waals surface area contributed by atoms with Crippen molar-refractivity contribution in [2.45, 2.75) is 25.7 Å². The van der Waals surface area contributed by atoms with Crippen LogP contribution in [0.15, 0.2) is 90.1 Å². The maximum Gasteiger partial charge on any atom is 0.232 e. The standard InChI is InChI=1S/C27H23NO2/c29-25-12-6-11-24-27(25)22(14-13-19-7-2-1-3-8-19)18-26(30)28(24)23-16-15-20-9-4-5-10-21(20)17-23/h1-5,7-10,13-17,22H,6,11-12,18H2/b14-13+. The molecule has 1 unspecified atom stereocenters. The molecule has 0 bridgehead atoms. The van der Waals surface area contributed by atoms with Gasteiger partial charge in [-0.05, 0) is 41.3 Å². The van der Waals surface area contributed by atoms with Gasteiger partial charge in [0.15, 0.2) is 5.78 Å². The van der Waals surface area contributed by atoms with Crippen LogP contribution in [-0.4, -0.2) is 11.7 Å². The first kappa shape index (κ1) is 18.6. The van der Waals surface area contributed by atoms with Crippen LogP contribution in [0.3, 0.4) is 0 Å². The topological polar surface area (TPSA) is 37.4 Å². The smallest absolute Gasteiger partial charge is 0.232 e. The van der Waals surface area contributed by atoms with Crippen LogP contribution in [0.4, 0.5) is 5.69 Å². The molecule has 0 spiro atoms. The lowest BCUT2D eigenvalue weighted by atomic mass is 9.80. The second-order valence-corrected chi connectivity index (χ2v) is 7.98. The average molecular weight is 393 g/mol. The van der Waals surface area contributed by atoms with Crippen LogP contribution in [0.5, 0.6) is 0 Å². The van der Waals surface area contributed by atoms with E-state index in [0.29, 0.717) is 12.8 Å². The van der Waals surface area contributed by atoms with Gasteiger partial charge in [0.05, 0.1) is 0 Å². The SMILES string of the molecule is O=C1CCCC2=C1C(/C=C/c1ccccc1)CC(=O)N2c1ccc2ccccc2c1. The van der Waals surface area contributed by atoms with Gasteiger partial charge in [0.25, 0.3) is 0 Å². The number of nitrogens with zero attached hydrogens (tertiary/aromatic N) is 1. The summed E-state index contributed by atoms with van der Waals surface area (Å²) in [6, 6.07) is 24.2. The first-order valence-electron chi connectivity index (χ1n) is 10.5. The summed E-state index contributed by atoms with van der Waals surface area (Å²) in [5.74, 6) is 0.0795. The lowest BCUT2D eigenvalue weighted by Crippen LogP contribution is -2.40. The number of anilines is 1. The number of fused-ring (bicyclic) bond motifs is 1. The van der Waals surface area contributed by atoms with E-state index in [2.05, 4.69) is 18.2 Å². The van der Waals surface area contributed by atoms with Gasteiger partial charge >= 0.3 is 0 Å². The number of rotatable bonds is 3. The Morgan fingerprint density at radius 1 is 0.833 bits per heavy atom. The third kappa shape index (κ3) is 3.37. The van der Waals surface area contributed by atoms with Crippen molar-refractivity contribution in [3.63, 3.8) is 0 Å². The number of carbonyl (C=O) groups is 2. The van der Waals surface area contributed by atoms with Crippen LogP contribution >= 0.6 is 0 Å². The number of allylic oxidation sites excluding steroid dienone is 3. The molecule has 0 fully saturated rings. The van der Waals surface area contributed by atoms with Crippen LogP contribution in [0, 0.1) is 5.92 Å². The first-order chi connectivity index (χ1) is 14.7. The molecule has 1 heterocycles. The maximum absolute atomic E-state index is 13.3. The fourth-order valence-corrected chi connectivity index (χ4v) is 4.60. The molecule has 1 aliphatic carbocycles. The summed E-state index contributed by atoms with van der Waals surface area (Å²) in [4.78, 5) is 28.0. The summed E-state index contributed by atoms with van der Waals surface area (Å²) < 4.78 is 0. The summed E-state index contributed by atoms with van der Waals surface area (Å²) in [6.07, 6.45) is 6.49. The van der Waals surface area contributed by atoms with Crippen molar-refractivity contribution in [3.05, 3.63) is 95.7 Å². The molecular formula is C27H23NO2. The number of amides is 1. The number of hydrogen-bond acceptors (Lipinski definition) is 2. The summed E-state index contributed by atoms with van der Waals surface area (Å²) in [7, 11) is 0. The molecule has 148 valence electrons. The fraction of sp³-hybridized carbons (Fsp3) is 0.185. The number of hydrogen-bond donors (Lipinski definition) is 0. The summed E-state index contributed by atoms with van der Waals surface area (Å²) in [5.41, 5.74) is 3.64.